The molecule has 1 aliphatic rings. The van der Waals surface area contributed by atoms with Crippen molar-refractivity contribution in [3.8, 4) is 0 Å². The van der Waals surface area contributed by atoms with Crippen LogP contribution in [0.3, 0.4) is 0 Å². The van der Waals surface area contributed by atoms with E-state index in [9.17, 15) is 0 Å². The van der Waals surface area contributed by atoms with Gasteiger partial charge in [-0.3, -0.25) is 0 Å². The Labute approximate surface area is 100 Å². The van der Waals surface area contributed by atoms with Crippen LogP contribution in [-0.4, -0.2) is 43.3 Å². The lowest BCUT2D eigenvalue weighted by atomic mass is 10.0. The first-order valence-corrected chi connectivity index (χ1v) is 6.73. The summed E-state index contributed by atoms with van der Waals surface area (Å²) in [7, 11) is 0. The molecular weight excluding hydrogens is 200 g/mol. The minimum absolute atomic E-state index is 0.340. The molecule has 3 heteroatoms. The van der Waals surface area contributed by atoms with E-state index in [1.807, 2.05) is 0 Å². The monoisotopic (exact) mass is 228 g/mol. The van der Waals surface area contributed by atoms with E-state index >= 15 is 0 Å². The Kier molecular flexibility index (Phi) is 6.32. The van der Waals surface area contributed by atoms with Crippen LogP contribution >= 0.6 is 0 Å². The van der Waals surface area contributed by atoms with E-state index in [2.05, 4.69) is 25.7 Å². The van der Waals surface area contributed by atoms with Gasteiger partial charge in [0.05, 0.1) is 6.10 Å². The lowest BCUT2D eigenvalue weighted by Crippen LogP contribution is -2.42. The predicted octanol–water partition coefficient (Wildman–Crippen LogP) is 1.86. The van der Waals surface area contributed by atoms with Crippen LogP contribution in [0.1, 0.15) is 40.0 Å². The summed E-state index contributed by atoms with van der Waals surface area (Å²) in [6.45, 7) is 10.8. The number of nitrogens with zero attached hydrogens (tertiary/aromatic N) is 1. The zero-order valence-corrected chi connectivity index (χ0v) is 11.1. The second-order valence-electron chi connectivity index (χ2n) is 5.22. The second-order valence-corrected chi connectivity index (χ2v) is 5.22. The molecule has 2 N–H and O–H groups in total. The molecule has 0 saturated carbocycles. The number of likely N-dealkylation sites (tertiary alicyclic amines) is 1. The lowest BCUT2D eigenvalue weighted by Gasteiger charge is -2.33. The molecule has 2 unspecified atom stereocenters. The Morgan fingerprint density at radius 1 is 1.44 bits per heavy atom. The number of nitrogens with two attached hydrogens (primary N) is 1. The van der Waals surface area contributed by atoms with Gasteiger partial charge in [0.1, 0.15) is 0 Å². The summed E-state index contributed by atoms with van der Waals surface area (Å²) < 4.78 is 5.69. The standard InChI is InChI=1S/C13H28N2O/c1-4-16-12-6-5-8-15(10-12)9-7-13(14)11(2)3/h11-13H,4-10,14H2,1-3H3. The van der Waals surface area contributed by atoms with E-state index in [1.165, 1.54) is 19.4 Å². The second kappa shape index (κ2) is 7.25. The Balaban J connectivity index is 2.21. The highest BCUT2D eigenvalue weighted by Crippen LogP contribution is 2.14. The van der Waals surface area contributed by atoms with Crippen molar-refractivity contribution in [2.75, 3.05) is 26.2 Å². The van der Waals surface area contributed by atoms with Crippen molar-refractivity contribution < 1.29 is 4.74 Å². The molecule has 0 spiro atoms. The van der Waals surface area contributed by atoms with Gasteiger partial charge < -0.3 is 15.4 Å². The first kappa shape index (κ1) is 13.9. The smallest absolute Gasteiger partial charge is 0.0702 e. The molecule has 2 atom stereocenters. The molecule has 1 rings (SSSR count). The first-order chi connectivity index (χ1) is 7.63. The van der Waals surface area contributed by atoms with E-state index in [0.717, 1.165) is 26.1 Å². The molecule has 0 aliphatic carbocycles. The Hall–Kier alpha value is -0.120. The molecule has 0 aromatic heterocycles. The van der Waals surface area contributed by atoms with E-state index in [4.69, 9.17) is 10.5 Å². The number of ether oxygens (including phenoxy) is 1. The fraction of sp³-hybridized carbons (Fsp3) is 1.00. The van der Waals surface area contributed by atoms with Gasteiger partial charge in [-0.15, -0.1) is 0 Å². The van der Waals surface area contributed by atoms with Gasteiger partial charge in [0, 0.05) is 19.2 Å². The quantitative estimate of drug-likeness (QED) is 0.754. The molecular formula is C13H28N2O. The average Bonchev–Trinajstić information content (AvgIpc) is 2.26. The van der Waals surface area contributed by atoms with Crippen LogP contribution in [-0.2, 0) is 4.74 Å². The van der Waals surface area contributed by atoms with Crippen molar-refractivity contribution in [2.45, 2.75) is 52.2 Å². The molecule has 3 nitrogen and oxygen atoms in total. The SMILES string of the molecule is CCOC1CCCN(CCC(N)C(C)C)C1. The molecule has 1 fully saturated rings. The van der Waals surface area contributed by atoms with Crippen LogP contribution in [0.25, 0.3) is 0 Å². The molecule has 1 heterocycles. The zero-order valence-electron chi connectivity index (χ0n) is 11.1. The molecule has 16 heavy (non-hydrogen) atoms. The largest absolute Gasteiger partial charge is 0.377 e. The van der Waals surface area contributed by atoms with Gasteiger partial charge in [-0.2, -0.15) is 0 Å². The third-order valence-electron chi connectivity index (χ3n) is 3.50. The molecule has 1 saturated heterocycles. The molecule has 0 radical (unpaired) electrons. The van der Waals surface area contributed by atoms with Crippen molar-refractivity contribution in [2.24, 2.45) is 11.7 Å². The number of hydrogen-bond donors (Lipinski definition) is 1. The first-order valence-electron chi connectivity index (χ1n) is 6.73. The molecule has 96 valence electrons. The maximum atomic E-state index is 6.07. The lowest BCUT2D eigenvalue weighted by molar-refractivity contribution is 0.00504. The van der Waals surface area contributed by atoms with Gasteiger partial charge >= 0.3 is 0 Å². The van der Waals surface area contributed by atoms with E-state index in [0.29, 0.717) is 18.1 Å². The Morgan fingerprint density at radius 3 is 2.81 bits per heavy atom. The summed E-state index contributed by atoms with van der Waals surface area (Å²) in [5.74, 6) is 0.590. The minimum atomic E-state index is 0.340. The van der Waals surface area contributed by atoms with Crippen LogP contribution < -0.4 is 5.73 Å². The van der Waals surface area contributed by atoms with Gasteiger partial charge in [-0.25, -0.2) is 0 Å². The van der Waals surface area contributed by atoms with Crippen molar-refractivity contribution in [1.82, 2.24) is 4.90 Å². The number of rotatable bonds is 6. The molecule has 0 aromatic carbocycles. The highest BCUT2D eigenvalue weighted by molar-refractivity contribution is 4.75. The number of piperidine rings is 1. The fourth-order valence-electron chi connectivity index (χ4n) is 2.25. The summed E-state index contributed by atoms with van der Waals surface area (Å²) in [6, 6.07) is 0.340. The van der Waals surface area contributed by atoms with Crippen molar-refractivity contribution in [3.05, 3.63) is 0 Å². The van der Waals surface area contributed by atoms with E-state index in [-0.39, 0.29) is 0 Å². The van der Waals surface area contributed by atoms with Gasteiger partial charge in [0.2, 0.25) is 0 Å². The highest BCUT2D eigenvalue weighted by Gasteiger charge is 2.20. The van der Waals surface area contributed by atoms with E-state index in [1.54, 1.807) is 0 Å². The third-order valence-corrected chi connectivity index (χ3v) is 3.50. The van der Waals surface area contributed by atoms with Crippen LogP contribution in [0.2, 0.25) is 0 Å². The van der Waals surface area contributed by atoms with Gasteiger partial charge in [0.15, 0.2) is 0 Å². The van der Waals surface area contributed by atoms with Crippen molar-refractivity contribution in [3.63, 3.8) is 0 Å². The summed E-state index contributed by atoms with van der Waals surface area (Å²) in [6.07, 6.45) is 4.05. The van der Waals surface area contributed by atoms with Crippen molar-refractivity contribution in [1.29, 1.82) is 0 Å². The molecule has 0 bridgehead atoms. The molecule has 1 aliphatic heterocycles. The Morgan fingerprint density at radius 2 is 2.19 bits per heavy atom. The fourth-order valence-corrected chi connectivity index (χ4v) is 2.25. The van der Waals surface area contributed by atoms with Crippen LogP contribution in [0, 0.1) is 5.92 Å². The minimum Gasteiger partial charge on any atom is -0.377 e. The topological polar surface area (TPSA) is 38.5 Å². The molecule has 0 amide bonds. The van der Waals surface area contributed by atoms with Crippen molar-refractivity contribution >= 4 is 0 Å². The Bertz CT molecular complexity index is 183. The average molecular weight is 228 g/mol. The summed E-state index contributed by atoms with van der Waals surface area (Å²) in [4.78, 5) is 2.51. The van der Waals surface area contributed by atoms with Crippen LogP contribution in [0.5, 0.6) is 0 Å². The van der Waals surface area contributed by atoms with Crippen LogP contribution in [0.15, 0.2) is 0 Å². The predicted molar refractivity (Wildman–Crippen MR) is 68.5 cm³/mol. The van der Waals surface area contributed by atoms with E-state index < -0.39 is 0 Å². The molecule has 0 aromatic rings. The highest BCUT2D eigenvalue weighted by atomic mass is 16.5. The maximum absolute atomic E-state index is 6.07. The maximum Gasteiger partial charge on any atom is 0.0702 e. The summed E-state index contributed by atoms with van der Waals surface area (Å²) in [5, 5.41) is 0. The van der Waals surface area contributed by atoms with Gasteiger partial charge in [0.25, 0.3) is 0 Å². The zero-order chi connectivity index (χ0) is 12.0. The third kappa shape index (κ3) is 4.81. The van der Waals surface area contributed by atoms with Gasteiger partial charge in [-0.05, 0) is 45.2 Å². The summed E-state index contributed by atoms with van der Waals surface area (Å²) >= 11 is 0. The number of hydrogen-bond acceptors (Lipinski definition) is 3. The normalized spacial score (nSPS) is 24.9. The van der Waals surface area contributed by atoms with Crippen LogP contribution in [0.4, 0.5) is 0 Å². The summed E-state index contributed by atoms with van der Waals surface area (Å²) in [5.41, 5.74) is 6.07. The van der Waals surface area contributed by atoms with Gasteiger partial charge in [-0.1, -0.05) is 13.8 Å².